The molecule has 4 nitrogen and oxygen atoms in total. The van der Waals surface area contributed by atoms with Gasteiger partial charge in [-0.15, -0.1) is 0 Å². The van der Waals surface area contributed by atoms with Gasteiger partial charge in [0.15, 0.2) is 0 Å². The molecule has 0 amide bonds. The average Bonchev–Trinajstić information content (AvgIpc) is 2.72. The van der Waals surface area contributed by atoms with E-state index in [4.69, 9.17) is 10.5 Å². The number of hydrazone groups is 1. The van der Waals surface area contributed by atoms with Crippen LogP contribution >= 0.6 is 0 Å². The Morgan fingerprint density at radius 3 is 2.81 bits per heavy atom. The number of hydrogen-bond acceptors (Lipinski definition) is 4. The molecule has 16 heavy (non-hydrogen) atoms. The van der Waals surface area contributed by atoms with E-state index in [9.17, 15) is 0 Å². The monoisotopic (exact) mass is 219 g/mol. The summed E-state index contributed by atoms with van der Waals surface area (Å²) < 4.78 is 5.59. The molecule has 0 spiro atoms. The topological polar surface area (TPSA) is 50.8 Å². The second-order valence-electron chi connectivity index (χ2n) is 3.81. The van der Waals surface area contributed by atoms with Crippen LogP contribution in [0.1, 0.15) is 12.8 Å². The van der Waals surface area contributed by atoms with Crippen molar-refractivity contribution >= 4 is 5.84 Å². The summed E-state index contributed by atoms with van der Waals surface area (Å²) in [6.07, 6.45) is 1.85. The van der Waals surface area contributed by atoms with E-state index in [1.54, 1.807) is 0 Å². The SMILES string of the molecule is NC1=NN(CCCOc2ccccc2)CC1. The first-order valence-corrected chi connectivity index (χ1v) is 5.60. The van der Waals surface area contributed by atoms with E-state index >= 15 is 0 Å². The Balaban J connectivity index is 1.62. The number of ether oxygens (including phenoxy) is 1. The lowest BCUT2D eigenvalue weighted by Gasteiger charge is -2.13. The van der Waals surface area contributed by atoms with Gasteiger partial charge >= 0.3 is 0 Å². The predicted molar refractivity (Wildman–Crippen MR) is 64.4 cm³/mol. The Kier molecular flexibility index (Phi) is 3.64. The summed E-state index contributed by atoms with van der Waals surface area (Å²) in [7, 11) is 0. The molecule has 1 aromatic rings. The summed E-state index contributed by atoms with van der Waals surface area (Å²) in [6, 6.07) is 9.86. The van der Waals surface area contributed by atoms with Gasteiger partial charge in [-0.25, -0.2) is 0 Å². The molecule has 1 aromatic carbocycles. The number of nitrogens with two attached hydrogens (primary N) is 1. The van der Waals surface area contributed by atoms with Gasteiger partial charge in [0.05, 0.1) is 6.61 Å². The summed E-state index contributed by atoms with van der Waals surface area (Å²) in [5.41, 5.74) is 5.60. The zero-order valence-corrected chi connectivity index (χ0v) is 9.30. The first kappa shape index (κ1) is 10.8. The highest BCUT2D eigenvalue weighted by atomic mass is 16.5. The van der Waals surface area contributed by atoms with Crippen LogP contribution in [0.4, 0.5) is 0 Å². The van der Waals surface area contributed by atoms with Crippen LogP contribution in [0.25, 0.3) is 0 Å². The first-order chi connectivity index (χ1) is 7.84. The van der Waals surface area contributed by atoms with E-state index < -0.39 is 0 Å². The van der Waals surface area contributed by atoms with Gasteiger partial charge in [0, 0.05) is 25.9 Å². The summed E-state index contributed by atoms with van der Waals surface area (Å²) in [5.74, 6) is 1.66. The van der Waals surface area contributed by atoms with E-state index in [1.807, 2.05) is 35.3 Å². The van der Waals surface area contributed by atoms with Gasteiger partial charge in [-0.3, -0.25) is 5.01 Å². The van der Waals surface area contributed by atoms with Crippen molar-refractivity contribution in [2.75, 3.05) is 19.7 Å². The van der Waals surface area contributed by atoms with Gasteiger partial charge in [-0.1, -0.05) is 18.2 Å². The fourth-order valence-corrected chi connectivity index (χ4v) is 1.64. The maximum atomic E-state index is 5.60. The van der Waals surface area contributed by atoms with E-state index in [1.165, 1.54) is 0 Å². The van der Waals surface area contributed by atoms with Gasteiger partial charge < -0.3 is 10.5 Å². The van der Waals surface area contributed by atoms with Crippen molar-refractivity contribution in [3.8, 4) is 5.75 Å². The number of rotatable bonds is 5. The quantitative estimate of drug-likeness (QED) is 0.762. The van der Waals surface area contributed by atoms with Gasteiger partial charge in [-0.05, 0) is 12.1 Å². The Hall–Kier alpha value is -1.71. The molecule has 0 saturated heterocycles. The normalized spacial score (nSPS) is 15.0. The summed E-state index contributed by atoms with van der Waals surface area (Å²) in [6.45, 7) is 2.57. The lowest BCUT2D eigenvalue weighted by atomic mass is 10.3. The van der Waals surface area contributed by atoms with Crippen molar-refractivity contribution in [3.63, 3.8) is 0 Å². The van der Waals surface area contributed by atoms with E-state index in [0.717, 1.165) is 44.1 Å². The third-order valence-electron chi connectivity index (χ3n) is 2.47. The molecule has 0 aliphatic carbocycles. The molecule has 0 saturated carbocycles. The predicted octanol–water partition coefficient (Wildman–Crippen LogP) is 1.43. The number of nitrogens with zero attached hydrogens (tertiary/aromatic N) is 2. The highest BCUT2D eigenvalue weighted by molar-refractivity contribution is 5.81. The number of benzene rings is 1. The maximum Gasteiger partial charge on any atom is 0.121 e. The van der Waals surface area contributed by atoms with Crippen LogP contribution in [0.15, 0.2) is 35.4 Å². The molecule has 4 heteroatoms. The standard InChI is InChI=1S/C12H17N3O/c13-12-7-9-15(14-12)8-4-10-16-11-5-2-1-3-6-11/h1-3,5-6H,4,7-10H2,(H2,13,14). The molecule has 0 bridgehead atoms. The van der Waals surface area contributed by atoms with Crippen molar-refractivity contribution in [1.82, 2.24) is 5.01 Å². The first-order valence-electron chi connectivity index (χ1n) is 5.60. The zero-order valence-electron chi connectivity index (χ0n) is 9.30. The zero-order chi connectivity index (χ0) is 11.2. The van der Waals surface area contributed by atoms with Crippen LogP contribution in [-0.4, -0.2) is 30.5 Å². The van der Waals surface area contributed by atoms with Crippen LogP contribution < -0.4 is 10.5 Å². The fourth-order valence-electron chi connectivity index (χ4n) is 1.64. The van der Waals surface area contributed by atoms with Crippen molar-refractivity contribution in [2.24, 2.45) is 10.8 Å². The molecule has 2 N–H and O–H groups in total. The van der Waals surface area contributed by atoms with Crippen LogP contribution in [0.5, 0.6) is 5.75 Å². The molecule has 1 heterocycles. The molecule has 0 fully saturated rings. The minimum Gasteiger partial charge on any atom is -0.494 e. The summed E-state index contributed by atoms with van der Waals surface area (Å²) in [4.78, 5) is 0. The molecule has 86 valence electrons. The lowest BCUT2D eigenvalue weighted by Crippen LogP contribution is -2.17. The smallest absolute Gasteiger partial charge is 0.121 e. The molecular formula is C12H17N3O. The number of para-hydroxylation sites is 1. The Bertz CT molecular complexity index is 351. The highest BCUT2D eigenvalue weighted by Crippen LogP contribution is 2.09. The molecular weight excluding hydrogens is 202 g/mol. The molecule has 2 rings (SSSR count). The third-order valence-corrected chi connectivity index (χ3v) is 2.47. The van der Waals surface area contributed by atoms with E-state index in [2.05, 4.69) is 5.10 Å². The Morgan fingerprint density at radius 1 is 1.31 bits per heavy atom. The molecule has 0 radical (unpaired) electrons. The minimum absolute atomic E-state index is 0.718. The lowest BCUT2D eigenvalue weighted by molar-refractivity contribution is 0.255. The van der Waals surface area contributed by atoms with Gasteiger partial charge in [0.2, 0.25) is 0 Å². The van der Waals surface area contributed by atoms with Crippen LogP contribution in [-0.2, 0) is 0 Å². The Morgan fingerprint density at radius 2 is 2.12 bits per heavy atom. The maximum absolute atomic E-state index is 5.60. The molecule has 1 aliphatic rings. The Labute approximate surface area is 95.7 Å². The largest absolute Gasteiger partial charge is 0.494 e. The second kappa shape index (κ2) is 5.39. The van der Waals surface area contributed by atoms with E-state index in [-0.39, 0.29) is 0 Å². The second-order valence-corrected chi connectivity index (χ2v) is 3.81. The molecule has 0 unspecified atom stereocenters. The van der Waals surface area contributed by atoms with Gasteiger partial charge in [-0.2, -0.15) is 5.10 Å². The van der Waals surface area contributed by atoms with E-state index in [0.29, 0.717) is 0 Å². The van der Waals surface area contributed by atoms with Gasteiger partial charge in [0.1, 0.15) is 11.6 Å². The molecule has 0 aromatic heterocycles. The minimum atomic E-state index is 0.718. The summed E-state index contributed by atoms with van der Waals surface area (Å²) >= 11 is 0. The van der Waals surface area contributed by atoms with Crippen LogP contribution in [0, 0.1) is 0 Å². The number of hydrogen-bond donors (Lipinski definition) is 1. The fraction of sp³-hybridized carbons (Fsp3) is 0.417. The van der Waals surface area contributed by atoms with Crippen molar-refractivity contribution in [2.45, 2.75) is 12.8 Å². The summed E-state index contributed by atoms with van der Waals surface area (Å²) in [5, 5.41) is 6.21. The van der Waals surface area contributed by atoms with Crippen LogP contribution in [0.2, 0.25) is 0 Å². The van der Waals surface area contributed by atoms with Crippen molar-refractivity contribution < 1.29 is 4.74 Å². The van der Waals surface area contributed by atoms with Crippen molar-refractivity contribution in [3.05, 3.63) is 30.3 Å². The van der Waals surface area contributed by atoms with Gasteiger partial charge in [0.25, 0.3) is 0 Å². The number of amidine groups is 1. The highest BCUT2D eigenvalue weighted by Gasteiger charge is 2.10. The molecule has 0 atom stereocenters. The van der Waals surface area contributed by atoms with Crippen molar-refractivity contribution in [1.29, 1.82) is 0 Å². The molecule has 1 aliphatic heterocycles. The average molecular weight is 219 g/mol. The third kappa shape index (κ3) is 3.15. The van der Waals surface area contributed by atoms with Crippen LogP contribution in [0.3, 0.4) is 0 Å².